The number of aliphatic carboxylic acids is 1. The van der Waals surface area contributed by atoms with Crippen LogP contribution in [0.4, 0.5) is 0 Å². The number of rotatable bonds is 7. The Morgan fingerprint density at radius 2 is 1.60 bits per heavy atom. The van der Waals surface area contributed by atoms with Gasteiger partial charge in [0.1, 0.15) is 0 Å². The van der Waals surface area contributed by atoms with Crippen LogP contribution in [0, 0.1) is 40.8 Å². The molecular weight excluding hydrogens is 320 g/mol. The van der Waals surface area contributed by atoms with Crippen LogP contribution in [0.25, 0.3) is 0 Å². The van der Waals surface area contributed by atoms with E-state index < -0.39 is 5.97 Å². The van der Waals surface area contributed by atoms with E-state index in [1.807, 2.05) is 0 Å². The summed E-state index contributed by atoms with van der Waals surface area (Å²) in [6, 6.07) is 0. The van der Waals surface area contributed by atoms with Gasteiger partial charge < -0.3 is 5.11 Å². The molecule has 0 aromatic carbocycles. The van der Waals surface area contributed by atoms with Crippen LogP contribution in [-0.2, 0) is 4.79 Å². The third kappa shape index (κ3) is 31.4. The van der Waals surface area contributed by atoms with Gasteiger partial charge in [0, 0.05) is 47.3 Å². The fourth-order valence-corrected chi connectivity index (χ4v) is 0.880. The van der Waals surface area contributed by atoms with Crippen molar-refractivity contribution in [1.82, 2.24) is 0 Å². The van der Waals surface area contributed by atoms with Gasteiger partial charge >= 0.3 is 5.97 Å². The molecule has 0 aromatic heterocycles. The summed E-state index contributed by atoms with van der Waals surface area (Å²) in [5.41, 5.74) is 0. The molecule has 86 valence electrons. The second kappa shape index (κ2) is 19.8. The van der Waals surface area contributed by atoms with Crippen LogP contribution >= 0.6 is 0 Å². The Bertz CT molecular complexity index is 150. The molecule has 0 aliphatic carbocycles. The van der Waals surface area contributed by atoms with Crippen molar-refractivity contribution in [3.63, 3.8) is 0 Å². The molecule has 0 radical (unpaired) electrons. The summed E-state index contributed by atoms with van der Waals surface area (Å²) in [5, 5.41) is 8.27. The minimum absolute atomic E-state index is 0. The van der Waals surface area contributed by atoms with Crippen LogP contribution in [0.2, 0.25) is 0 Å². The zero-order chi connectivity index (χ0) is 11.2. The summed E-state index contributed by atoms with van der Waals surface area (Å²) in [6.07, 6.45) is 9.16. The maximum Gasteiger partial charge on any atom is 0.303 e. The van der Waals surface area contributed by atoms with Crippen LogP contribution < -0.4 is 0 Å². The van der Waals surface area contributed by atoms with E-state index in [9.17, 15) is 4.79 Å². The van der Waals surface area contributed by atoms with Gasteiger partial charge in [-0.1, -0.05) is 57.9 Å². The fourth-order valence-electron chi connectivity index (χ4n) is 0.880. The van der Waals surface area contributed by atoms with E-state index in [1.54, 1.807) is 12.2 Å². The minimum atomic E-state index is -0.670. The van der Waals surface area contributed by atoms with Crippen LogP contribution in [-0.4, -0.2) is 11.1 Å². The van der Waals surface area contributed by atoms with Gasteiger partial charge in [-0.05, 0) is 6.42 Å². The van der Waals surface area contributed by atoms with Crippen molar-refractivity contribution in [2.45, 2.75) is 45.4 Å². The van der Waals surface area contributed by atoms with Crippen molar-refractivity contribution in [2.24, 2.45) is 0 Å². The van der Waals surface area contributed by atoms with E-state index in [0.717, 1.165) is 12.8 Å². The Labute approximate surface area is 126 Å². The third-order valence-corrected chi connectivity index (χ3v) is 1.66. The van der Waals surface area contributed by atoms with Gasteiger partial charge in [-0.3, -0.25) is 4.79 Å². The molecule has 0 rings (SSSR count). The molecular formula is C12H22NdO2. The standard InChI is InChI=1S/C8H16O2.C4H6.Nd/c1-2-3-4-5-6-7-8(9)10;1-3-4-2;/h2-7H2,1H3,(H,9,10);3-4H,1-2H2;. The van der Waals surface area contributed by atoms with Gasteiger partial charge in [0.2, 0.25) is 0 Å². The topological polar surface area (TPSA) is 37.3 Å². The first-order valence-corrected chi connectivity index (χ1v) is 5.14. The third-order valence-electron chi connectivity index (χ3n) is 1.66. The maximum absolute atomic E-state index is 10.0. The van der Waals surface area contributed by atoms with Gasteiger partial charge in [0.15, 0.2) is 0 Å². The first-order chi connectivity index (χ1) is 6.68. The molecule has 0 aliphatic heterocycles. The maximum atomic E-state index is 10.0. The molecule has 0 bridgehead atoms. The monoisotopic (exact) mass is 340 g/mol. The zero-order valence-electron chi connectivity index (χ0n) is 9.67. The van der Waals surface area contributed by atoms with Gasteiger partial charge in [0.25, 0.3) is 0 Å². The quantitative estimate of drug-likeness (QED) is 0.564. The first-order valence-electron chi connectivity index (χ1n) is 5.14. The Kier molecular flexibility index (Phi) is 27.3. The minimum Gasteiger partial charge on any atom is -0.481 e. The van der Waals surface area contributed by atoms with Gasteiger partial charge in [-0.2, -0.15) is 0 Å². The molecule has 0 saturated carbocycles. The van der Waals surface area contributed by atoms with Crippen molar-refractivity contribution in [3.05, 3.63) is 25.3 Å². The van der Waals surface area contributed by atoms with Gasteiger partial charge in [-0.15, -0.1) is 0 Å². The Morgan fingerprint density at radius 3 is 1.93 bits per heavy atom. The SMILES string of the molecule is C=CC=C.CCCCCCCC(=O)O.[Nd]. The summed E-state index contributed by atoms with van der Waals surface area (Å²) in [5.74, 6) is -0.670. The molecule has 2 nitrogen and oxygen atoms in total. The van der Waals surface area contributed by atoms with Crippen LogP contribution in [0.1, 0.15) is 45.4 Å². The Balaban J connectivity index is -0.000000249. The van der Waals surface area contributed by atoms with Crippen molar-refractivity contribution >= 4 is 5.97 Å². The summed E-state index contributed by atoms with van der Waals surface area (Å²) in [4.78, 5) is 10.0. The van der Waals surface area contributed by atoms with E-state index in [4.69, 9.17) is 5.11 Å². The molecule has 0 amide bonds. The summed E-state index contributed by atoms with van der Waals surface area (Å²) < 4.78 is 0. The molecule has 0 fully saturated rings. The van der Waals surface area contributed by atoms with Crippen molar-refractivity contribution in [1.29, 1.82) is 0 Å². The second-order valence-electron chi connectivity index (χ2n) is 3.03. The van der Waals surface area contributed by atoms with Crippen molar-refractivity contribution < 1.29 is 50.7 Å². The van der Waals surface area contributed by atoms with Crippen LogP contribution in [0.3, 0.4) is 0 Å². The molecule has 0 aromatic rings. The van der Waals surface area contributed by atoms with Crippen molar-refractivity contribution in [3.8, 4) is 0 Å². The van der Waals surface area contributed by atoms with Gasteiger partial charge in [-0.25, -0.2) is 0 Å². The Morgan fingerprint density at radius 1 is 1.13 bits per heavy atom. The number of carbonyl (C=O) groups is 1. The number of carboxylic acids is 1. The summed E-state index contributed by atoms with van der Waals surface area (Å²) in [6.45, 7) is 8.87. The van der Waals surface area contributed by atoms with Crippen LogP contribution in [0.15, 0.2) is 25.3 Å². The normalized spacial score (nSPS) is 7.80. The predicted octanol–water partition coefficient (Wildman–Crippen LogP) is 3.79. The second-order valence-corrected chi connectivity index (χ2v) is 3.03. The molecule has 3 heteroatoms. The number of carboxylic acid groups (broad SMARTS) is 1. The molecule has 0 unspecified atom stereocenters. The Hall–Kier alpha value is 0.301. The molecule has 1 N–H and O–H groups in total. The van der Waals surface area contributed by atoms with Crippen LogP contribution in [0.5, 0.6) is 0 Å². The number of hydrogen-bond donors (Lipinski definition) is 1. The van der Waals surface area contributed by atoms with E-state index in [0.29, 0.717) is 6.42 Å². The van der Waals surface area contributed by atoms with E-state index in [2.05, 4.69) is 20.1 Å². The number of hydrogen-bond acceptors (Lipinski definition) is 1. The summed E-state index contributed by atoms with van der Waals surface area (Å²) >= 11 is 0. The molecule has 0 saturated heterocycles. The fraction of sp³-hybridized carbons (Fsp3) is 0.583. The average Bonchev–Trinajstić information content (AvgIpc) is 2.18. The molecule has 0 heterocycles. The zero-order valence-corrected chi connectivity index (χ0v) is 12.9. The van der Waals surface area contributed by atoms with E-state index >= 15 is 0 Å². The van der Waals surface area contributed by atoms with E-state index in [-0.39, 0.29) is 40.8 Å². The molecule has 0 aliphatic rings. The molecule has 0 spiro atoms. The van der Waals surface area contributed by atoms with Crippen molar-refractivity contribution in [2.75, 3.05) is 0 Å². The largest absolute Gasteiger partial charge is 0.481 e. The number of unbranched alkanes of at least 4 members (excludes halogenated alkanes) is 4. The predicted molar refractivity (Wildman–Crippen MR) is 61.4 cm³/mol. The first kappa shape index (κ1) is 20.7. The van der Waals surface area contributed by atoms with E-state index in [1.165, 1.54) is 19.3 Å². The van der Waals surface area contributed by atoms with Gasteiger partial charge in [0.05, 0.1) is 0 Å². The smallest absolute Gasteiger partial charge is 0.303 e. The molecule has 0 atom stereocenters. The molecule has 15 heavy (non-hydrogen) atoms. The average molecular weight is 343 g/mol. The summed E-state index contributed by atoms with van der Waals surface area (Å²) in [7, 11) is 0. The number of allylic oxidation sites excluding steroid dienone is 2.